The Balaban J connectivity index is 1.25. The van der Waals surface area contributed by atoms with Crippen LogP contribution in [0, 0.1) is 0 Å². The van der Waals surface area contributed by atoms with E-state index in [1.807, 2.05) is 24.8 Å². The van der Waals surface area contributed by atoms with Crippen LogP contribution in [-0.4, -0.2) is 68.2 Å². The lowest BCUT2D eigenvalue weighted by Gasteiger charge is -2.38. The highest BCUT2D eigenvalue weighted by atomic mass is 16.5. The highest BCUT2D eigenvalue weighted by molar-refractivity contribution is 5.90. The van der Waals surface area contributed by atoms with Crippen LogP contribution in [0.1, 0.15) is 36.7 Å². The minimum absolute atomic E-state index is 0.296. The minimum Gasteiger partial charge on any atom is -0.462 e. The molecule has 1 fully saturated rings. The number of aromatic nitrogens is 5. The zero-order chi connectivity index (χ0) is 25.6. The van der Waals surface area contributed by atoms with Crippen molar-refractivity contribution in [1.29, 1.82) is 0 Å². The number of anilines is 2. The number of hydrogen-bond acceptors (Lipinski definition) is 8. The Bertz CT molecular complexity index is 1460. The van der Waals surface area contributed by atoms with E-state index >= 15 is 0 Å². The molecule has 0 radical (unpaired) electrons. The van der Waals surface area contributed by atoms with Gasteiger partial charge in [-0.05, 0) is 51.9 Å². The summed E-state index contributed by atoms with van der Waals surface area (Å²) in [6.45, 7) is 7.29. The number of pyridine rings is 1. The lowest BCUT2D eigenvalue weighted by atomic mass is 10.0. The maximum atomic E-state index is 6.32. The van der Waals surface area contributed by atoms with Crippen LogP contribution in [0.15, 0.2) is 49.1 Å². The predicted octanol–water partition coefficient (Wildman–Crippen LogP) is 3.67. The monoisotopic (exact) mass is 510 g/mol. The molecule has 9 heteroatoms. The number of likely N-dealkylation sites (tertiary alicyclic amines) is 1. The Kier molecular flexibility index (Phi) is 5.88. The van der Waals surface area contributed by atoms with Crippen molar-refractivity contribution in [2.45, 2.75) is 57.9 Å². The molecule has 2 atom stereocenters. The van der Waals surface area contributed by atoms with E-state index in [2.05, 4.69) is 62.5 Å². The van der Waals surface area contributed by atoms with E-state index in [4.69, 9.17) is 19.7 Å². The van der Waals surface area contributed by atoms with Crippen LogP contribution in [-0.2, 0) is 26.1 Å². The zero-order valence-corrected chi connectivity index (χ0v) is 22.1. The van der Waals surface area contributed by atoms with Crippen molar-refractivity contribution >= 4 is 22.4 Å². The Morgan fingerprint density at radius 2 is 2.00 bits per heavy atom. The van der Waals surface area contributed by atoms with Gasteiger partial charge in [0.25, 0.3) is 0 Å². The fraction of sp³-hybridized carbons (Fsp3) is 0.448. The summed E-state index contributed by atoms with van der Waals surface area (Å²) in [6, 6.07) is 11.7. The molecule has 3 aliphatic heterocycles. The van der Waals surface area contributed by atoms with Gasteiger partial charge in [0.2, 0.25) is 0 Å². The molecule has 0 N–H and O–H groups in total. The van der Waals surface area contributed by atoms with Crippen LogP contribution in [0.5, 0.6) is 6.01 Å². The molecular formula is C29H34N8O. The van der Waals surface area contributed by atoms with E-state index in [1.165, 1.54) is 17.7 Å². The highest BCUT2D eigenvalue weighted by Gasteiger charge is 2.31. The first-order valence-corrected chi connectivity index (χ1v) is 13.7. The average Bonchev–Trinajstić information content (AvgIpc) is 3.58. The fourth-order valence-corrected chi connectivity index (χ4v) is 6.24. The first kappa shape index (κ1) is 23.4. The SMILES string of the molecule is C[C@@H]1Cn2cncc2CN1c1nc(OC[C@@H]2CCCN2C)nc2c1CCN(c1cccc3cccnc13)C2. The molecule has 0 amide bonds. The molecule has 1 saturated heterocycles. The molecule has 196 valence electrons. The number of benzene rings is 1. The number of fused-ring (bicyclic) bond motifs is 3. The number of ether oxygens (including phenoxy) is 1. The van der Waals surface area contributed by atoms with Gasteiger partial charge >= 0.3 is 6.01 Å². The number of imidazole rings is 1. The number of hydrogen-bond donors (Lipinski definition) is 0. The molecule has 0 saturated carbocycles. The number of likely N-dealkylation sites (N-methyl/N-ethyl adjacent to an activating group) is 1. The Morgan fingerprint density at radius 3 is 2.89 bits per heavy atom. The second kappa shape index (κ2) is 9.54. The van der Waals surface area contributed by atoms with Gasteiger partial charge in [0, 0.05) is 48.5 Å². The third-order valence-corrected chi connectivity index (χ3v) is 8.45. The predicted molar refractivity (Wildman–Crippen MR) is 148 cm³/mol. The molecule has 6 heterocycles. The lowest BCUT2D eigenvalue weighted by Crippen LogP contribution is -2.43. The standard InChI is InChI=1S/C29H34N8O/c1-20-15-36-19-30-14-23(36)16-37(20)28-24-10-13-35(26-9-3-6-21-7-4-11-31-27(21)26)17-25(24)32-29(33-28)38-18-22-8-5-12-34(22)2/h3-4,6-7,9,11,14,19-20,22H,5,8,10,12-13,15-18H2,1-2H3/t20-,22+/m1/s1. The third-order valence-electron chi connectivity index (χ3n) is 8.45. The van der Waals surface area contributed by atoms with Gasteiger partial charge in [-0.15, -0.1) is 0 Å². The van der Waals surface area contributed by atoms with E-state index in [-0.39, 0.29) is 0 Å². The summed E-state index contributed by atoms with van der Waals surface area (Å²) in [5.41, 5.74) is 5.69. The Morgan fingerprint density at radius 1 is 1.08 bits per heavy atom. The largest absolute Gasteiger partial charge is 0.462 e. The van der Waals surface area contributed by atoms with Crippen molar-refractivity contribution in [3.05, 3.63) is 66.0 Å². The van der Waals surface area contributed by atoms with Crippen molar-refractivity contribution in [2.75, 3.05) is 36.5 Å². The molecule has 0 bridgehead atoms. The average molecular weight is 511 g/mol. The van der Waals surface area contributed by atoms with Crippen molar-refractivity contribution in [2.24, 2.45) is 0 Å². The first-order chi connectivity index (χ1) is 18.6. The van der Waals surface area contributed by atoms with Crippen LogP contribution < -0.4 is 14.5 Å². The zero-order valence-electron chi connectivity index (χ0n) is 22.1. The molecule has 1 aromatic carbocycles. The van der Waals surface area contributed by atoms with Gasteiger partial charge < -0.3 is 24.0 Å². The van der Waals surface area contributed by atoms with E-state index < -0.39 is 0 Å². The van der Waals surface area contributed by atoms with Gasteiger partial charge in [0.15, 0.2) is 0 Å². The van der Waals surface area contributed by atoms with Gasteiger partial charge in [-0.1, -0.05) is 18.2 Å². The first-order valence-electron chi connectivity index (χ1n) is 13.7. The highest BCUT2D eigenvalue weighted by Crippen LogP contribution is 2.35. The van der Waals surface area contributed by atoms with E-state index in [0.717, 1.165) is 67.1 Å². The number of para-hydroxylation sites is 1. The summed E-state index contributed by atoms with van der Waals surface area (Å²) in [5, 5.41) is 1.16. The fourth-order valence-electron chi connectivity index (χ4n) is 6.24. The van der Waals surface area contributed by atoms with Gasteiger partial charge in [-0.3, -0.25) is 4.98 Å². The summed E-state index contributed by atoms with van der Waals surface area (Å²) in [6.07, 6.45) is 9.02. The molecule has 0 unspecified atom stereocenters. The quantitative estimate of drug-likeness (QED) is 0.403. The summed E-state index contributed by atoms with van der Waals surface area (Å²) < 4.78 is 8.57. The molecular weight excluding hydrogens is 476 g/mol. The van der Waals surface area contributed by atoms with Gasteiger partial charge in [0.1, 0.15) is 12.4 Å². The van der Waals surface area contributed by atoms with Crippen molar-refractivity contribution in [3.8, 4) is 6.01 Å². The molecule has 38 heavy (non-hydrogen) atoms. The van der Waals surface area contributed by atoms with Crippen LogP contribution in [0.3, 0.4) is 0 Å². The van der Waals surface area contributed by atoms with Crippen LogP contribution in [0.4, 0.5) is 11.5 Å². The summed E-state index contributed by atoms with van der Waals surface area (Å²) in [7, 11) is 2.18. The molecule has 9 nitrogen and oxygen atoms in total. The summed E-state index contributed by atoms with van der Waals surface area (Å²) >= 11 is 0. The second-order valence-electron chi connectivity index (χ2n) is 10.9. The van der Waals surface area contributed by atoms with E-state index in [1.54, 1.807) is 0 Å². The van der Waals surface area contributed by atoms with Gasteiger partial charge in [-0.25, -0.2) is 4.98 Å². The smallest absolute Gasteiger partial charge is 0.318 e. The Hall–Kier alpha value is -3.72. The number of rotatable bonds is 5. The van der Waals surface area contributed by atoms with Crippen LogP contribution in [0.2, 0.25) is 0 Å². The Labute approximate surface area is 223 Å². The normalized spacial score (nSPS) is 21.5. The third kappa shape index (κ3) is 4.15. The van der Waals surface area contributed by atoms with Crippen LogP contribution in [0.25, 0.3) is 10.9 Å². The van der Waals surface area contributed by atoms with Crippen molar-refractivity contribution < 1.29 is 4.74 Å². The maximum Gasteiger partial charge on any atom is 0.318 e. The van der Waals surface area contributed by atoms with E-state index in [0.29, 0.717) is 31.2 Å². The lowest BCUT2D eigenvalue weighted by molar-refractivity contribution is 0.187. The summed E-state index contributed by atoms with van der Waals surface area (Å²) in [4.78, 5) is 26.4. The molecule has 0 spiro atoms. The molecule has 4 aromatic rings. The number of nitrogens with zero attached hydrogens (tertiary/aromatic N) is 8. The van der Waals surface area contributed by atoms with Gasteiger partial charge in [-0.2, -0.15) is 9.97 Å². The van der Waals surface area contributed by atoms with Crippen molar-refractivity contribution in [1.82, 2.24) is 29.4 Å². The van der Waals surface area contributed by atoms with Gasteiger partial charge in [0.05, 0.1) is 42.0 Å². The molecule has 0 aliphatic carbocycles. The van der Waals surface area contributed by atoms with E-state index in [9.17, 15) is 0 Å². The topological polar surface area (TPSA) is 75.4 Å². The van der Waals surface area contributed by atoms with Crippen molar-refractivity contribution in [3.63, 3.8) is 0 Å². The molecule has 7 rings (SSSR count). The van der Waals surface area contributed by atoms with Crippen LogP contribution >= 0.6 is 0 Å². The maximum absolute atomic E-state index is 6.32. The molecule has 3 aromatic heterocycles. The minimum atomic E-state index is 0.296. The second-order valence-corrected chi connectivity index (χ2v) is 10.9. The summed E-state index contributed by atoms with van der Waals surface area (Å²) in [5.74, 6) is 1.01. The molecule has 3 aliphatic rings.